The first-order valence-corrected chi connectivity index (χ1v) is 8.63. The number of aliphatic hydroxyl groups excluding tert-OH is 1. The molecule has 1 fully saturated rings. The van der Waals surface area contributed by atoms with Gasteiger partial charge in [-0.2, -0.15) is 0 Å². The van der Waals surface area contributed by atoms with Crippen LogP contribution in [0.15, 0.2) is 0 Å². The van der Waals surface area contributed by atoms with Crippen molar-refractivity contribution >= 4 is 16.5 Å². The molecule has 2 heterocycles. The molecular formula is C15H25N3OS. The van der Waals surface area contributed by atoms with Gasteiger partial charge < -0.3 is 14.9 Å². The number of aryl methyl sites for hydroxylation is 1. The van der Waals surface area contributed by atoms with Gasteiger partial charge in [-0.25, -0.2) is 4.98 Å². The second-order valence-corrected chi connectivity index (χ2v) is 7.00. The van der Waals surface area contributed by atoms with Gasteiger partial charge in [0.1, 0.15) is 0 Å². The molecule has 3 rings (SSSR count). The third-order valence-electron chi connectivity index (χ3n) is 4.76. The second kappa shape index (κ2) is 6.00. The maximum atomic E-state index is 10.1. The Labute approximate surface area is 125 Å². The van der Waals surface area contributed by atoms with E-state index in [1.807, 2.05) is 0 Å². The number of nitrogens with zero attached hydrogens (tertiary/aromatic N) is 3. The molecule has 0 spiro atoms. The number of hydrogen-bond acceptors (Lipinski definition) is 5. The second-order valence-electron chi connectivity index (χ2n) is 5.99. The van der Waals surface area contributed by atoms with Gasteiger partial charge in [0, 0.05) is 26.2 Å². The molecule has 1 aromatic heterocycles. The Kier molecular flexibility index (Phi) is 4.29. The molecule has 5 heteroatoms. The van der Waals surface area contributed by atoms with Crippen molar-refractivity contribution in [1.82, 2.24) is 9.88 Å². The van der Waals surface area contributed by atoms with Crippen LogP contribution in [0.4, 0.5) is 5.13 Å². The molecule has 1 atom stereocenters. The molecule has 0 aromatic carbocycles. The Hall–Kier alpha value is -0.650. The molecule has 1 unspecified atom stereocenters. The number of aliphatic hydroxyl groups is 1. The number of anilines is 1. The Morgan fingerprint density at radius 3 is 2.75 bits per heavy atom. The Balaban J connectivity index is 1.70. The molecule has 0 bridgehead atoms. The summed E-state index contributed by atoms with van der Waals surface area (Å²) in [5, 5.41) is 11.2. The van der Waals surface area contributed by atoms with E-state index in [2.05, 4.69) is 23.8 Å². The third-order valence-corrected chi connectivity index (χ3v) is 6.05. The number of hydrogen-bond donors (Lipinski definition) is 1. The Morgan fingerprint density at radius 2 is 2.10 bits per heavy atom. The maximum absolute atomic E-state index is 10.1. The minimum absolute atomic E-state index is 0.277. The van der Waals surface area contributed by atoms with E-state index in [4.69, 9.17) is 4.98 Å². The molecule has 112 valence electrons. The molecule has 2 aliphatic rings. The molecule has 20 heavy (non-hydrogen) atoms. The van der Waals surface area contributed by atoms with Crippen LogP contribution in [-0.4, -0.2) is 47.7 Å². The number of aromatic nitrogens is 1. The normalized spacial score (nSPS) is 24.6. The van der Waals surface area contributed by atoms with Crippen molar-refractivity contribution in [3.63, 3.8) is 0 Å². The summed E-state index contributed by atoms with van der Waals surface area (Å²) in [6.07, 6.45) is 5.16. The molecule has 1 aromatic rings. The van der Waals surface area contributed by atoms with E-state index in [1.54, 1.807) is 11.3 Å². The van der Waals surface area contributed by atoms with Crippen LogP contribution in [-0.2, 0) is 6.42 Å². The highest BCUT2D eigenvalue weighted by molar-refractivity contribution is 7.15. The maximum Gasteiger partial charge on any atom is 0.185 e. The van der Waals surface area contributed by atoms with Crippen molar-refractivity contribution in [2.24, 2.45) is 0 Å². The highest BCUT2D eigenvalue weighted by Crippen LogP contribution is 2.38. The first-order chi connectivity index (χ1) is 9.69. The minimum atomic E-state index is -0.277. The summed E-state index contributed by atoms with van der Waals surface area (Å²) >= 11 is 1.70. The number of piperidine rings is 1. The van der Waals surface area contributed by atoms with E-state index < -0.39 is 0 Å². The number of fused-ring (bicyclic) bond motifs is 1. The van der Waals surface area contributed by atoms with Gasteiger partial charge in [-0.15, -0.1) is 0 Å². The van der Waals surface area contributed by atoms with Gasteiger partial charge in [0.15, 0.2) is 5.13 Å². The van der Waals surface area contributed by atoms with Gasteiger partial charge in [-0.1, -0.05) is 18.3 Å². The van der Waals surface area contributed by atoms with Crippen LogP contribution in [0, 0.1) is 0 Å². The topological polar surface area (TPSA) is 39.6 Å². The summed E-state index contributed by atoms with van der Waals surface area (Å²) in [6, 6.07) is 0.600. The summed E-state index contributed by atoms with van der Waals surface area (Å²) in [5.74, 6) is 0. The summed E-state index contributed by atoms with van der Waals surface area (Å²) in [4.78, 5) is 10.8. The molecule has 1 saturated heterocycles. The molecule has 1 N–H and O–H groups in total. The lowest BCUT2D eigenvalue weighted by atomic mass is 10.0. The average molecular weight is 295 g/mol. The lowest BCUT2D eigenvalue weighted by Gasteiger charge is -2.36. The predicted molar refractivity (Wildman–Crippen MR) is 83.6 cm³/mol. The lowest BCUT2D eigenvalue weighted by molar-refractivity contribution is 0.160. The van der Waals surface area contributed by atoms with E-state index >= 15 is 0 Å². The molecular weight excluding hydrogens is 270 g/mol. The van der Waals surface area contributed by atoms with Crippen molar-refractivity contribution in [2.45, 2.75) is 51.2 Å². The summed E-state index contributed by atoms with van der Waals surface area (Å²) in [7, 11) is 2.17. The van der Waals surface area contributed by atoms with Gasteiger partial charge in [0.05, 0.1) is 16.7 Å². The fraction of sp³-hybridized carbons (Fsp3) is 0.800. The van der Waals surface area contributed by atoms with Crippen molar-refractivity contribution in [3.8, 4) is 0 Å². The Bertz CT molecular complexity index is 454. The van der Waals surface area contributed by atoms with Crippen molar-refractivity contribution in [2.75, 3.05) is 31.6 Å². The number of rotatable bonds is 3. The van der Waals surface area contributed by atoms with Crippen LogP contribution in [0.1, 0.15) is 49.3 Å². The van der Waals surface area contributed by atoms with Crippen LogP contribution in [0.5, 0.6) is 0 Å². The zero-order valence-corrected chi connectivity index (χ0v) is 13.3. The van der Waals surface area contributed by atoms with Crippen LogP contribution in [0.25, 0.3) is 0 Å². The molecule has 4 nitrogen and oxygen atoms in total. The first-order valence-electron chi connectivity index (χ1n) is 7.82. The zero-order chi connectivity index (χ0) is 14.1. The minimum Gasteiger partial charge on any atom is -0.388 e. The van der Waals surface area contributed by atoms with E-state index in [0.717, 1.165) is 41.5 Å². The summed E-state index contributed by atoms with van der Waals surface area (Å²) in [6.45, 7) is 5.78. The van der Waals surface area contributed by atoms with Crippen LogP contribution in [0.3, 0.4) is 0 Å². The van der Waals surface area contributed by atoms with Crippen LogP contribution >= 0.6 is 11.3 Å². The van der Waals surface area contributed by atoms with E-state index in [-0.39, 0.29) is 6.10 Å². The van der Waals surface area contributed by atoms with Gasteiger partial charge in [-0.05, 0) is 38.6 Å². The van der Waals surface area contributed by atoms with Crippen LogP contribution < -0.4 is 4.90 Å². The van der Waals surface area contributed by atoms with Crippen molar-refractivity contribution in [1.29, 1.82) is 0 Å². The largest absolute Gasteiger partial charge is 0.388 e. The standard InChI is InChI=1S/C15H25N3OS/c1-3-18-9-7-11(8-10-18)17(2)15-16-12-5-4-6-13(19)14(12)20-15/h11,13,19H,3-10H2,1-2H3. The van der Waals surface area contributed by atoms with Gasteiger partial charge in [-0.3, -0.25) is 0 Å². The number of thiazole rings is 1. The SMILES string of the molecule is CCN1CCC(N(C)c2nc3c(s2)C(O)CCC3)CC1. The molecule has 0 saturated carbocycles. The molecule has 0 radical (unpaired) electrons. The first kappa shape index (κ1) is 14.3. The van der Waals surface area contributed by atoms with Crippen LogP contribution in [0.2, 0.25) is 0 Å². The Morgan fingerprint density at radius 1 is 1.35 bits per heavy atom. The van der Waals surface area contributed by atoms with Gasteiger partial charge >= 0.3 is 0 Å². The lowest BCUT2D eigenvalue weighted by Crippen LogP contribution is -2.43. The van der Waals surface area contributed by atoms with E-state index in [9.17, 15) is 5.11 Å². The molecule has 1 aliphatic carbocycles. The summed E-state index contributed by atoms with van der Waals surface area (Å²) < 4.78 is 0. The highest BCUT2D eigenvalue weighted by atomic mass is 32.1. The predicted octanol–water partition coefficient (Wildman–Crippen LogP) is 2.43. The summed E-state index contributed by atoms with van der Waals surface area (Å²) in [5.41, 5.74) is 1.14. The zero-order valence-electron chi connectivity index (χ0n) is 12.5. The third kappa shape index (κ3) is 2.71. The fourth-order valence-electron chi connectivity index (χ4n) is 3.31. The van der Waals surface area contributed by atoms with Crippen molar-refractivity contribution in [3.05, 3.63) is 10.6 Å². The van der Waals surface area contributed by atoms with E-state index in [1.165, 1.54) is 25.9 Å². The number of likely N-dealkylation sites (tertiary alicyclic amines) is 1. The van der Waals surface area contributed by atoms with Crippen molar-refractivity contribution < 1.29 is 5.11 Å². The molecule has 1 aliphatic heterocycles. The molecule has 0 amide bonds. The van der Waals surface area contributed by atoms with Gasteiger partial charge in [0.25, 0.3) is 0 Å². The fourth-order valence-corrected chi connectivity index (χ4v) is 4.48. The monoisotopic (exact) mass is 295 g/mol. The van der Waals surface area contributed by atoms with Gasteiger partial charge in [0.2, 0.25) is 0 Å². The highest BCUT2D eigenvalue weighted by Gasteiger charge is 2.27. The quantitative estimate of drug-likeness (QED) is 0.930. The van der Waals surface area contributed by atoms with E-state index in [0.29, 0.717) is 6.04 Å². The average Bonchev–Trinajstić information content (AvgIpc) is 2.92. The smallest absolute Gasteiger partial charge is 0.185 e.